The lowest BCUT2D eigenvalue weighted by Crippen LogP contribution is -2.51. The number of likely N-dealkylation sites (N-methyl/N-ethyl adjacent to an activating group) is 2. The van der Waals surface area contributed by atoms with Crippen molar-refractivity contribution in [1.29, 1.82) is 0 Å². The van der Waals surface area contributed by atoms with Crippen molar-refractivity contribution >= 4 is 23.7 Å². The van der Waals surface area contributed by atoms with Gasteiger partial charge in [-0.25, -0.2) is 0 Å². The van der Waals surface area contributed by atoms with E-state index in [-0.39, 0.29) is 29.7 Å². The highest BCUT2D eigenvalue weighted by atomic mass is 16.5. The lowest BCUT2D eigenvalue weighted by Gasteiger charge is -2.37. The Labute approximate surface area is 197 Å². The Kier molecular flexibility index (Phi) is 6.03. The van der Waals surface area contributed by atoms with Gasteiger partial charge in [0, 0.05) is 0 Å². The molecule has 0 bridgehead atoms. The topological polar surface area (TPSA) is 95.0 Å². The van der Waals surface area contributed by atoms with Crippen LogP contribution < -0.4 is 14.5 Å². The van der Waals surface area contributed by atoms with Gasteiger partial charge in [0.2, 0.25) is 11.9 Å². The highest BCUT2D eigenvalue weighted by molar-refractivity contribution is 6.03. The smallest absolute Gasteiger partial charge is 0.323 e. The van der Waals surface area contributed by atoms with Crippen LogP contribution in [0.1, 0.15) is 75.2 Å². The molecule has 0 atom stereocenters. The number of nitrogens with zero attached hydrogens (tertiary/aromatic N) is 7. The van der Waals surface area contributed by atoms with Gasteiger partial charge < -0.3 is 4.74 Å². The van der Waals surface area contributed by atoms with Crippen molar-refractivity contribution in [3.63, 3.8) is 0 Å². The molecule has 0 spiro atoms. The van der Waals surface area contributed by atoms with Crippen LogP contribution in [0.25, 0.3) is 0 Å². The second-order valence-corrected chi connectivity index (χ2v) is 10.9. The first-order valence-electron chi connectivity index (χ1n) is 11.6. The van der Waals surface area contributed by atoms with Crippen LogP contribution in [0.4, 0.5) is 11.9 Å². The van der Waals surface area contributed by atoms with Crippen LogP contribution in [0.15, 0.2) is 0 Å². The first-order valence-corrected chi connectivity index (χ1v) is 11.6. The molecule has 1 aromatic rings. The van der Waals surface area contributed by atoms with Crippen molar-refractivity contribution in [3.05, 3.63) is 0 Å². The number of hydrogen-bond donors (Lipinski definition) is 0. The van der Waals surface area contributed by atoms with Crippen molar-refractivity contribution in [2.75, 3.05) is 30.5 Å². The molecule has 2 saturated heterocycles. The minimum atomic E-state index is -0.746. The molecule has 10 heteroatoms. The molecule has 2 amide bonds. The van der Waals surface area contributed by atoms with E-state index >= 15 is 0 Å². The zero-order chi connectivity index (χ0) is 25.1. The van der Waals surface area contributed by atoms with Gasteiger partial charge in [-0.05, 0) is 75.9 Å². The lowest BCUT2D eigenvalue weighted by molar-refractivity contribution is -0.123. The van der Waals surface area contributed by atoms with Gasteiger partial charge in [0.25, 0.3) is 11.8 Å². The lowest BCUT2D eigenvalue weighted by atomic mass is 10.0. The molecule has 0 aromatic carbocycles. The van der Waals surface area contributed by atoms with E-state index in [0.717, 1.165) is 12.8 Å². The van der Waals surface area contributed by atoms with Gasteiger partial charge in [-0.15, -0.1) is 0 Å². The van der Waals surface area contributed by atoms with Gasteiger partial charge in [-0.1, -0.05) is 13.3 Å². The zero-order valence-electron chi connectivity index (χ0n) is 22.0. The monoisotopic (exact) mass is 461 g/mol. The predicted octanol–water partition coefficient (Wildman–Crippen LogP) is 2.64. The quantitative estimate of drug-likeness (QED) is 0.597. The molecular formula is C23H39N7O3. The summed E-state index contributed by atoms with van der Waals surface area (Å²) in [5.41, 5.74) is -2.88. The third-order valence-electron chi connectivity index (χ3n) is 7.59. The molecule has 2 aliphatic rings. The van der Waals surface area contributed by atoms with Crippen molar-refractivity contribution in [1.82, 2.24) is 24.8 Å². The molecule has 3 heterocycles. The first kappa shape index (κ1) is 25.3. The summed E-state index contributed by atoms with van der Waals surface area (Å²) < 4.78 is 5.85. The molecule has 1 aromatic heterocycles. The highest BCUT2D eigenvalue weighted by Crippen LogP contribution is 2.42. The molecule has 33 heavy (non-hydrogen) atoms. The van der Waals surface area contributed by atoms with E-state index in [1.165, 1.54) is 0 Å². The molecule has 0 radical (unpaired) electrons. The molecular weight excluding hydrogens is 422 g/mol. The third kappa shape index (κ3) is 3.67. The number of anilines is 2. The van der Waals surface area contributed by atoms with Crippen LogP contribution in [-0.4, -0.2) is 79.7 Å². The fourth-order valence-corrected chi connectivity index (χ4v) is 4.58. The van der Waals surface area contributed by atoms with Crippen LogP contribution >= 0.6 is 0 Å². The molecule has 184 valence electrons. The summed E-state index contributed by atoms with van der Waals surface area (Å²) >= 11 is 0. The number of rotatable bonds is 6. The highest BCUT2D eigenvalue weighted by Gasteiger charge is 2.58. The Morgan fingerprint density at radius 1 is 0.727 bits per heavy atom. The van der Waals surface area contributed by atoms with Gasteiger partial charge in [-0.2, -0.15) is 15.0 Å². The molecule has 0 N–H and O–H groups in total. The number of amides is 2. The standard InChI is InChI=1S/C23H39N7O3/c1-12-13-14-33-19-25-17(29-15(31)20(2,3)27(10)22(29,6)7)24-18(26-19)30-16(32)21(4,5)28(11)23(30,8)9/h12-14H2,1-11H3. The Hall–Kier alpha value is -2.33. The summed E-state index contributed by atoms with van der Waals surface area (Å²) in [6.07, 6.45) is 1.79. The summed E-state index contributed by atoms with van der Waals surface area (Å²) in [6.45, 7) is 17.8. The van der Waals surface area contributed by atoms with Gasteiger partial charge in [0.1, 0.15) is 0 Å². The SMILES string of the molecule is CCCCOc1nc(N2C(=O)C(C)(C)N(C)C2(C)C)nc(N2C(=O)C(C)(C)N(C)C2(C)C)n1. The number of carbonyl (C=O) groups is 2. The fraction of sp³-hybridized carbons (Fsp3) is 0.783. The van der Waals surface area contributed by atoms with Crippen molar-refractivity contribution in [2.24, 2.45) is 0 Å². The Bertz CT molecular complexity index is 889. The van der Waals surface area contributed by atoms with Crippen molar-refractivity contribution in [3.8, 4) is 6.01 Å². The van der Waals surface area contributed by atoms with E-state index in [4.69, 9.17) is 4.74 Å². The molecule has 0 saturated carbocycles. The fourth-order valence-electron chi connectivity index (χ4n) is 4.58. The molecule has 0 unspecified atom stereocenters. The number of carbonyl (C=O) groups excluding carboxylic acids is 2. The maximum absolute atomic E-state index is 13.5. The summed E-state index contributed by atoms with van der Waals surface area (Å²) in [7, 11) is 3.81. The van der Waals surface area contributed by atoms with E-state index in [0.29, 0.717) is 6.61 Å². The molecule has 10 nitrogen and oxygen atoms in total. The normalized spacial score (nSPS) is 24.1. The van der Waals surface area contributed by atoms with E-state index in [9.17, 15) is 9.59 Å². The first-order chi connectivity index (χ1) is 15.0. The van der Waals surface area contributed by atoms with Crippen LogP contribution in [-0.2, 0) is 9.59 Å². The van der Waals surface area contributed by atoms with Gasteiger partial charge in [0.15, 0.2) is 0 Å². The van der Waals surface area contributed by atoms with Crippen LogP contribution in [0.3, 0.4) is 0 Å². The average molecular weight is 462 g/mol. The van der Waals surface area contributed by atoms with Crippen LogP contribution in [0.5, 0.6) is 6.01 Å². The zero-order valence-corrected chi connectivity index (χ0v) is 22.0. The average Bonchev–Trinajstić information content (AvgIpc) is 2.91. The Morgan fingerprint density at radius 2 is 1.12 bits per heavy atom. The second-order valence-electron chi connectivity index (χ2n) is 10.9. The molecule has 2 fully saturated rings. The maximum atomic E-state index is 13.5. The summed E-state index contributed by atoms with van der Waals surface area (Å²) in [5, 5.41) is 0. The van der Waals surface area contributed by atoms with Gasteiger partial charge >= 0.3 is 6.01 Å². The summed E-state index contributed by atoms with van der Waals surface area (Å²) in [6, 6.07) is 0.107. The van der Waals surface area contributed by atoms with Crippen LogP contribution in [0, 0.1) is 0 Å². The van der Waals surface area contributed by atoms with E-state index in [1.807, 2.05) is 79.3 Å². The van der Waals surface area contributed by atoms with E-state index in [1.54, 1.807) is 9.80 Å². The van der Waals surface area contributed by atoms with Crippen LogP contribution in [0.2, 0.25) is 0 Å². The van der Waals surface area contributed by atoms with E-state index < -0.39 is 22.4 Å². The molecule has 2 aliphatic heterocycles. The number of aromatic nitrogens is 3. The van der Waals surface area contributed by atoms with Gasteiger partial charge in [0.05, 0.1) is 29.0 Å². The largest absolute Gasteiger partial charge is 0.463 e. The molecule has 3 rings (SSSR count). The third-order valence-corrected chi connectivity index (χ3v) is 7.59. The Morgan fingerprint density at radius 3 is 1.42 bits per heavy atom. The number of ether oxygens (including phenoxy) is 1. The molecule has 0 aliphatic carbocycles. The number of unbranched alkanes of at least 4 members (excludes halogenated alkanes) is 1. The van der Waals surface area contributed by atoms with Gasteiger partial charge in [-0.3, -0.25) is 29.2 Å². The maximum Gasteiger partial charge on any atom is 0.323 e. The number of hydrogen-bond acceptors (Lipinski definition) is 8. The minimum absolute atomic E-state index is 0.107. The Balaban J connectivity index is 2.18. The summed E-state index contributed by atoms with van der Waals surface area (Å²) in [4.78, 5) is 47.8. The minimum Gasteiger partial charge on any atom is -0.463 e. The second kappa shape index (κ2) is 7.87. The summed E-state index contributed by atoms with van der Waals surface area (Å²) in [5.74, 6) is 0.0944. The van der Waals surface area contributed by atoms with Crippen molar-refractivity contribution < 1.29 is 14.3 Å². The van der Waals surface area contributed by atoms with E-state index in [2.05, 4.69) is 21.9 Å². The predicted molar refractivity (Wildman–Crippen MR) is 127 cm³/mol. The van der Waals surface area contributed by atoms with Crippen molar-refractivity contribution in [2.45, 2.75) is 97.6 Å².